The SMILES string of the molecule is CCCNCc1csc(CC2CN(C)CCN2C)n1. The Morgan fingerprint density at radius 2 is 2.26 bits per heavy atom. The van der Waals surface area contributed by atoms with Gasteiger partial charge in [-0.15, -0.1) is 11.3 Å². The number of rotatable bonds is 6. The number of nitrogens with zero attached hydrogens (tertiary/aromatic N) is 3. The third-order valence-corrected chi connectivity index (χ3v) is 4.64. The fraction of sp³-hybridized carbons (Fsp3) is 0.786. The average Bonchev–Trinajstić information content (AvgIpc) is 2.82. The summed E-state index contributed by atoms with van der Waals surface area (Å²) in [6.45, 7) is 7.66. The molecular weight excluding hydrogens is 256 g/mol. The van der Waals surface area contributed by atoms with Crippen molar-refractivity contribution in [3.05, 3.63) is 16.1 Å². The van der Waals surface area contributed by atoms with Crippen LogP contribution in [0.4, 0.5) is 0 Å². The first-order chi connectivity index (χ1) is 9.19. The monoisotopic (exact) mass is 282 g/mol. The molecule has 2 heterocycles. The summed E-state index contributed by atoms with van der Waals surface area (Å²) in [7, 11) is 4.44. The van der Waals surface area contributed by atoms with E-state index in [1.54, 1.807) is 0 Å². The standard InChI is InChI=1S/C14H26N4S/c1-4-5-15-9-12-11-19-14(16-12)8-13-10-17(2)6-7-18(13)3/h11,13,15H,4-10H2,1-3H3. The van der Waals surface area contributed by atoms with Crippen molar-refractivity contribution in [1.82, 2.24) is 20.1 Å². The van der Waals surface area contributed by atoms with Gasteiger partial charge in [-0.05, 0) is 27.1 Å². The van der Waals surface area contributed by atoms with E-state index in [0.717, 1.165) is 32.6 Å². The Hall–Kier alpha value is -0.490. The maximum atomic E-state index is 4.75. The summed E-state index contributed by atoms with van der Waals surface area (Å²) in [5.41, 5.74) is 1.19. The lowest BCUT2D eigenvalue weighted by molar-refractivity contribution is 0.114. The Kier molecular flexibility index (Phi) is 5.76. The van der Waals surface area contributed by atoms with Crippen molar-refractivity contribution in [1.29, 1.82) is 0 Å². The molecule has 1 atom stereocenters. The zero-order valence-corrected chi connectivity index (χ0v) is 13.2. The highest BCUT2D eigenvalue weighted by Crippen LogP contribution is 2.16. The molecule has 1 aliphatic heterocycles. The minimum atomic E-state index is 0.612. The third kappa shape index (κ3) is 4.53. The Morgan fingerprint density at radius 3 is 3.05 bits per heavy atom. The van der Waals surface area contributed by atoms with E-state index in [2.05, 4.69) is 41.5 Å². The van der Waals surface area contributed by atoms with Crippen molar-refractivity contribution in [3.63, 3.8) is 0 Å². The van der Waals surface area contributed by atoms with Gasteiger partial charge in [-0.1, -0.05) is 6.92 Å². The molecule has 0 amide bonds. The van der Waals surface area contributed by atoms with Gasteiger partial charge in [0.1, 0.15) is 0 Å². The van der Waals surface area contributed by atoms with Gasteiger partial charge in [-0.2, -0.15) is 0 Å². The molecule has 1 saturated heterocycles. The van der Waals surface area contributed by atoms with Crippen LogP contribution in [0.1, 0.15) is 24.0 Å². The molecule has 2 rings (SSSR count). The molecule has 1 N–H and O–H groups in total. The van der Waals surface area contributed by atoms with E-state index in [9.17, 15) is 0 Å². The van der Waals surface area contributed by atoms with Crippen molar-refractivity contribution in [2.24, 2.45) is 0 Å². The zero-order chi connectivity index (χ0) is 13.7. The van der Waals surface area contributed by atoms with Crippen molar-refractivity contribution in [2.45, 2.75) is 32.4 Å². The fourth-order valence-corrected chi connectivity index (χ4v) is 3.31. The average molecular weight is 282 g/mol. The molecule has 1 unspecified atom stereocenters. The molecule has 108 valence electrons. The van der Waals surface area contributed by atoms with Crippen LogP contribution in [0.5, 0.6) is 0 Å². The first-order valence-electron chi connectivity index (χ1n) is 7.21. The molecule has 1 aromatic rings. The van der Waals surface area contributed by atoms with Gasteiger partial charge in [0.15, 0.2) is 0 Å². The Balaban J connectivity index is 1.84. The molecular formula is C14H26N4S. The lowest BCUT2D eigenvalue weighted by atomic mass is 10.1. The first-order valence-corrected chi connectivity index (χ1v) is 8.09. The van der Waals surface area contributed by atoms with E-state index < -0.39 is 0 Å². The Morgan fingerprint density at radius 1 is 1.42 bits per heavy atom. The van der Waals surface area contributed by atoms with E-state index >= 15 is 0 Å². The second kappa shape index (κ2) is 7.33. The Bertz CT molecular complexity index is 379. The van der Waals surface area contributed by atoms with Gasteiger partial charge in [0.05, 0.1) is 10.7 Å². The maximum absolute atomic E-state index is 4.75. The molecule has 0 aromatic carbocycles. The molecule has 1 aromatic heterocycles. The molecule has 0 aliphatic carbocycles. The highest BCUT2D eigenvalue weighted by Gasteiger charge is 2.23. The number of hydrogen-bond acceptors (Lipinski definition) is 5. The van der Waals surface area contributed by atoms with Crippen LogP contribution >= 0.6 is 11.3 Å². The second-order valence-corrected chi connectivity index (χ2v) is 6.45. The molecule has 1 aliphatic rings. The van der Waals surface area contributed by atoms with Crippen molar-refractivity contribution >= 4 is 11.3 Å². The largest absolute Gasteiger partial charge is 0.311 e. The van der Waals surface area contributed by atoms with Gasteiger partial charge in [0, 0.05) is 44.0 Å². The quantitative estimate of drug-likeness (QED) is 0.800. The summed E-state index contributed by atoms with van der Waals surface area (Å²) >= 11 is 1.81. The van der Waals surface area contributed by atoms with E-state index in [-0.39, 0.29) is 0 Å². The fourth-order valence-electron chi connectivity index (χ4n) is 2.44. The van der Waals surface area contributed by atoms with Crippen LogP contribution in [-0.4, -0.2) is 61.1 Å². The smallest absolute Gasteiger partial charge is 0.0944 e. The highest BCUT2D eigenvalue weighted by atomic mass is 32.1. The molecule has 0 radical (unpaired) electrons. The lowest BCUT2D eigenvalue weighted by Crippen LogP contribution is -2.50. The van der Waals surface area contributed by atoms with Gasteiger partial charge in [0.2, 0.25) is 0 Å². The summed E-state index contributed by atoms with van der Waals surface area (Å²) < 4.78 is 0. The van der Waals surface area contributed by atoms with Crippen molar-refractivity contribution in [2.75, 3.05) is 40.3 Å². The molecule has 0 saturated carbocycles. The first kappa shape index (κ1) is 14.9. The summed E-state index contributed by atoms with van der Waals surface area (Å²) in [5, 5.41) is 6.89. The van der Waals surface area contributed by atoms with E-state index in [4.69, 9.17) is 4.98 Å². The summed E-state index contributed by atoms with van der Waals surface area (Å²) in [5.74, 6) is 0. The third-order valence-electron chi connectivity index (χ3n) is 3.72. The number of aromatic nitrogens is 1. The van der Waals surface area contributed by atoms with Crippen molar-refractivity contribution < 1.29 is 0 Å². The Labute approximate surface area is 120 Å². The maximum Gasteiger partial charge on any atom is 0.0944 e. The van der Waals surface area contributed by atoms with Gasteiger partial charge >= 0.3 is 0 Å². The number of likely N-dealkylation sites (N-methyl/N-ethyl adjacent to an activating group) is 2. The molecule has 19 heavy (non-hydrogen) atoms. The van der Waals surface area contributed by atoms with Crippen LogP contribution in [-0.2, 0) is 13.0 Å². The topological polar surface area (TPSA) is 31.4 Å². The van der Waals surface area contributed by atoms with E-state index in [1.807, 2.05) is 11.3 Å². The molecule has 0 bridgehead atoms. The summed E-state index contributed by atoms with van der Waals surface area (Å²) in [4.78, 5) is 9.63. The van der Waals surface area contributed by atoms with E-state index in [0.29, 0.717) is 6.04 Å². The normalized spacial score (nSPS) is 21.9. The van der Waals surface area contributed by atoms with Crippen LogP contribution in [0.25, 0.3) is 0 Å². The number of thiazole rings is 1. The van der Waals surface area contributed by atoms with Crippen LogP contribution in [0.2, 0.25) is 0 Å². The predicted molar refractivity (Wildman–Crippen MR) is 81.7 cm³/mol. The highest BCUT2D eigenvalue weighted by molar-refractivity contribution is 7.09. The van der Waals surface area contributed by atoms with Gasteiger partial charge in [-0.3, -0.25) is 0 Å². The van der Waals surface area contributed by atoms with Crippen LogP contribution in [0, 0.1) is 0 Å². The summed E-state index contributed by atoms with van der Waals surface area (Å²) in [6, 6.07) is 0.612. The van der Waals surface area contributed by atoms with Crippen LogP contribution in [0.3, 0.4) is 0 Å². The molecule has 4 nitrogen and oxygen atoms in total. The van der Waals surface area contributed by atoms with Crippen LogP contribution < -0.4 is 5.32 Å². The zero-order valence-electron chi connectivity index (χ0n) is 12.4. The number of nitrogens with one attached hydrogen (secondary N) is 1. The van der Waals surface area contributed by atoms with Crippen LogP contribution in [0.15, 0.2) is 5.38 Å². The van der Waals surface area contributed by atoms with E-state index in [1.165, 1.54) is 23.7 Å². The van der Waals surface area contributed by atoms with Gasteiger partial charge in [0.25, 0.3) is 0 Å². The number of hydrogen-bond donors (Lipinski definition) is 1. The van der Waals surface area contributed by atoms with Gasteiger partial charge in [-0.25, -0.2) is 4.98 Å². The number of piperazine rings is 1. The second-order valence-electron chi connectivity index (χ2n) is 5.51. The van der Waals surface area contributed by atoms with Crippen molar-refractivity contribution in [3.8, 4) is 0 Å². The molecule has 5 heteroatoms. The minimum Gasteiger partial charge on any atom is -0.311 e. The van der Waals surface area contributed by atoms with Gasteiger partial charge < -0.3 is 15.1 Å². The molecule has 0 spiro atoms. The predicted octanol–water partition coefficient (Wildman–Crippen LogP) is 1.43. The minimum absolute atomic E-state index is 0.612. The summed E-state index contributed by atoms with van der Waals surface area (Å²) in [6.07, 6.45) is 2.26. The molecule has 1 fully saturated rings. The lowest BCUT2D eigenvalue weighted by Gasteiger charge is -2.37.